The van der Waals surface area contributed by atoms with Crippen molar-refractivity contribution in [2.45, 2.75) is 63.7 Å². The highest BCUT2D eigenvalue weighted by molar-refractivity contribution is 7.92. The summed E-state index contributed by atoms with van der Waals surface area (Å²) in [6.45, 7) is 10.2. The minimum Gasteiger partial charge on any atom is -0.313 e. The van der Waals surface area contributed by atoms with Crippen LogP contribution in [0.3, 0.4) is 0 Å². The van der Waals surface area contributed by atoms with Crippen molar-refractivity contribution in [3.8, 4) is 0 Å². The molecule has 0 fully saturated rings. The van der Waals surface area contributed by atoms with Crippen molar-refractivity contribution in [3.63, 3.8) is 0 Å². The second kappa shape index (κ2) is 7.95. The summed E-state index contributed by atoms with van der Waals surface area (Å²) in [5, 5.41) is 3.32. The average Bonchev–Trinajstić information content (AvgIpc) is 2.25. The first-order chi connectivity index (χ1) is 8.27. The molecule has 1 atom stereocenters. The van der Waals surface area contributed by atoms with Gasteiger partial charge in [-0.2, -0.15) is 0 Å². The van der Waals surface area contributed by atoms with E-state index >= 15 is 0 Å². The first-order valence-corrected chi connectivity index (χ1v) is 8.70. The predicted octanol–water partition coefficient (Wildman–Crippen LogP) is 2.92. The average molecular weight is 275 g/mol. The molecule has 0 radical (unpaired) electrons. The summed E-state index contributed by atoms with van der Waals surface area (Å²) in [5.74, 6) is 0. The molecule has 1 unspecified atom stereocenters. The van der Waals surface area contributed by atoms with E-state index in [4.69, 9.17) is 0 Å². The summed E-state index contributed by atoms with van der Waals surface area (Å²) >= 11 is 0. The lowest BCUT2D eigenvalue weighted by molar-refractivity contribution is 0.382. The van der Waals surface area contributed by atoms with E-state index in [2.05, 4.69) is 11.9 Å². The van der Waals surface area contributed by atoms with Crippen molar-refractivity contribution in [2.24, 2.45) is 0 Å². The number of nitrogens with one attached hydrogen (secondary N) is 1. The maximum absolute atomic E-state index is 11.9. The molecular weight excluding hydrogens is 246 g/mol. The topological polar surface area (TPSA) is 46.2 Å². The molecule has 0 amide bonds. The van der Waals surface area contributed by atoms with E-state index < -0.39 is 14.6 Å². The van der Waals surface area contributed by atoms with Gasteiger partial charge in [0.25, 0.3) is 0 Å². The summed E-state index contributed by atoms with van der Waals surface area (Å²) in [6, 6.07) is 0.0289. The van der Waals surface area contributed by atoms with Gasteiger partial charge in [-0.15, -0.1) is 6.58 Å². The molecule has 108 valence electrons. The van der Waals surface area contributed by atoms with E-state index in [1.807, 2.05) is 26.8 Å². The molecule has 0 bridgehead atoms. The second-order valence-corrected chi connectivity index (χ2v) is 8.01. The molecule has 4 heteroatoms. The Morgan fingerprint density at radius 1 is 1.28 bits per heavy atom. The zero-order chi connectivity index (χ0) is 14.2. The zero-order valence-electron chi connectivity index (χ0n) is 12.3. The van der Waals surface area contributed by atoms with Crippen LogP contribution in [0, 0.1) is 0 Å². The molecule has 0 aromatic rings. The zero-order valence-corrected chi connectivity index (χ0v) is 13.1. The van der Waals surface area contributed by atoms with Crippen LogP contribution in [0.15, 0.2) is 12.7 Å². The largest absolute Gasteiger partial charge is 0.313 e. The summed E-state index contributed by atoms with van der Waals surface area (Å²) in [4.78, 5) is 0. The van der Waals surface area contributed by atoms with Gasteiger partial charge < -0.3 is 5.32 Å². The van der Waals surface area contributed by atoms with Crippen LogP contribution in [-0.2, 0) is 9.84 Å². The van der Waals surface area contributed by atoms with Gasteiger partial charge in [-0.1, -0.05) is 25.8 Å². The van der Waals surface area contributed by atoms with Gasteiger partial charge in [-0.25, -0.2) is 8.42 Å². The van der Waals surface area contributed by atoms with Crippen LogP contribution >= 0.6 is 0 Å². The Kier molecular flexibility index (Phi) is 7.79. The third-order valence-electron chi connectivity index (χ3n) is 3.65. The molecule has 0 aliphatic heterocycles. The molecule has 18 heavy (non-hydrogen) atoms. The number of allylic oxidation sites excluding steroid dienone is 1. The molecule has 0 spiro atoms. The highest BCUT2D eigenvalue weighted by Crippen LogP contribution is 2.24. The fourth-order valence-corrected chi connectivity index (χ4v) is 2.73. The molecule has 0 rings (SSSR count). The quantitative estimate of drug-likeness (QED) is 0.492. The molecule has 0 aliphatic carbocycles. The van der Waals surface area contributed by atoms with E-state index in [9.17, 15) is 8.42 Å². The standard InChI is InChI=1S/C14H29NO2S/c1-6-8-9-10-11-12-13(15-7-2)14(3,4)18(5,16)17/h6,13,15H,1,7-12H2,2-5H3. The van der Waals surface area contributed by atoms with Crippen LogP contribution in [0.1, 0.15) is 52.9 Å². The third-order valence-corrected chi connectivity index (χ3v) is 5.84. The van der Waals surface area contributed by atoms with Crippen LogP contribution in [0.25, 0.3) is 0 Å². The van der Waals surface area contributed by atoms with Gasteiger partial charge in [0.15, 0.2) is 9.84 Å². The maximum Gasteiger partial charge on any atom is 0.154 e. The van der Waals surface area contributed by atoms with Gasteiger partial charge >= 0.3 is 0 Å². The van der Waals surface area contributed by atoms with Crippen molar-refractivity contribution < 1.29 is 8.42 Å². The lowest BCUT2D eigenvalue weighted by atomic mass is 9.96. The molecule has 3 nitrogen and oxygen atoms in total. The lowest BCUT2D eigenvalue weighted by Crippen LogP contribution is -2.51. The van der Waals surface area contributed by atoms with Gasteiger partial charge in [0.05, 0.1) is 4.75 Å². The third kappa shape index (κ3) is 5.53. The summed E-state index contributed by atoms with van der Waals surface area (Å²) < 4.78 is 23.0. The van der Waals surface area contributed by atoms with E-state index in [1.165, 1.54) is 6.26 Å². The molecular formula is C14H29NO2S. The normalized spacial score (nSPS) is 14.4. The minimum atomic E-state index is -3.05. The maximum atomic E-state index is 11.9. The molecule has 0 saturated heterocycles. The predicted molar refractivity (Wildman–Crippen MR) is 79.7 cm³/mol. The number of hydrogen-bond donors (Lipinski definition) is 1. The highest BCUT2D eigenvalue weighted by Gasteiger charge is 2.37. The van der Waals surface area contributed by atoms with E-state index in [0.29, 0.717) is 0 Å². The fourth-order valence-electron chi connectivity index (χ4n) is 2.01. The van der Waals surface area contributed by atoms with Gasteiger partial charge in [0, 0.05) is 12.3 Å². The Balaban J connectivity index is 4.43. The van der Waals surface area contributed by atoms with Crippen LogP contribution in [0.2, 0.25) is 0 Å². The SMILES string of the molecule is C=CCCCCCC(NCC)C(C)(C)S(C)(=O)=O. The van der Waals surface area contributed by atoms with Crippen LogP contribution in [0.5, 0.6) is 0 Å². The van der Waals surface area contributed by atoms with E-state index in [0.717, 1.165) is 38.6 Å². The van der Waals surface area contributed by atoms with Crippen molar-refractivity contribution in [1.82, 2.24) is 5.32 Å². The van der Waals surface area contributed by atoms with E-state index in [1.54, 1.807) is 0 Å². The summed E-state index contributed by atoms with van der Waals surface area (Å²) in [5.41, 5.74) is 0. The fraction of sp³-hybridized carbons (Fsp3) is 0.857. The lowest BCUT2D eigenvalue weighted by Gasteiger charge is -2.33. The molecule has 0 saturated carbocycles. The molecule has 0 aromatic heterocycles. The molecule has 0 heterocycles. The molecule has 0 aliphatic rings. The Labute approximate surface area is 113 Å². The smallest absolute Gasteiger partial charge is 0.154 e. The first-order valence-electron chi connectivity index (χ1n) is 6.81. The number of sulfone groups is 1. The molecule has 0 aromatic carbocycles. The summed E-state index contributed by atoms with van der Waals surface area (Å²) in [6.07, 6.45) is 8.55. The van der Waals surface area contributed by atoms with Crippen molar-refractivity contribution in [3.05, 3.63) is 12.7 Å². The van der Waals surface area contributed by atoms with Crippen LogP contribution in [0.4, 0.5) is 0 Å². The van der Waals surface area contributed by atoms with Gasteiger partial charge in [-0.3, -0.25) is 0 Å². The van der Waals surface area contributed by atoms with Gasteiger partial charge in [0.1, 0.15) is 0 Å². The number of rotatable bonds is 10. The Morgan fingerprint density at radius 3 is 2.33 bits per heavy atom. The first kappa shape index (κ1) is 17.6. The van der Waals surface area contributed by atoms with Crippen molar-refractivity contribution in [2.75, 3.05) is 12.8 Å². The van der Waals surface area contributed by atoms with Gasteiger partial charge in [-0.05, 0) is 39.7 Å². The number of hydrogen-bond acceptors (Lipinski definition) is 3. The Hall–Kier alpha value is -0.350. The Morgan fingerprint density at radius 2 is 1.89 bits per heavy atom. The molecule has 1 N–H and O–H groups in total. The van der Waals surface area contributed by atoms with Crippen LogP contribution in [-0.4, -0.2) is 32.0 Å². The van der Waals surface area contributed by atoms with Crippen molar-refractivity contribution >= 4 is 9.84 Å². The van der Waals surface area contributed by atoms with Crippen molar-refractivity contribution in [1.29, 1.82) is 0 Å². The monoisotopic (exact) mass is 275 g/mol. The number of unbranched alkanes of at least 4 members (excludes halogenated alkanes) is 3. The van der Waals surface area contributed by atoms with Crippen LogP contribution < -0.4 is 5.32 Å². The van der Waals surface area contributed by atoms with E-state index in [-0.39, 0.29) is 6.04 Å². The Bertz CT molecular complexity index is 334. The summed E-state index contributed by atoms with van der Waals surface area (Å²) in [7, 11) is -3.05. The minimum absolute atomic E-state index is 0.0289. The second-order valence-electron chi connectivity index (χ2n) is 5.41. The van der Waals surface area contributed by atoms with Gasteiger partial charge in [0.2, 0.25) is 0 Å². The highest BCUT2D eigenvalue weighted by atomic mass is 32.2.